The van der Waals surface area contributed by atoms with E-state index in [0.717, 1.165) is 26.2 Å². The second-order valence-corrected chi connectivity index (χ2v) is 8.81. The van der Waals surface area contributed by atoms with Crippen molar-refractivity contribution in [1.29, 1.82) is 0 Å². The van der Waals surface area contributed by atoms with Crippen LogP contribution in [0.4, 0.5) is 10.1 Å². The van der Waals surface area contributed by atoms with Crippen LogP contribution in [0.25, 0.3) is 11.2 Å². The molecule has 2 aromatic carbocycles. The Balaban J connectivity index is 1.49. The van der Waals surface area contributed by atoms with Gasteiger partial charge in [0.15, 0.2) is 11.2 Å². The van der Waals surface area contributed by atoms with E-state index in [2.05, 4.69) is 31.9 Å². The van der Waals surface area contributed by atoms with E-state index >= 15 is 0 Å². The number of halogens is 2. The molecule has 8 nitrogen and oxygen atoms in total. The minimum absolute atomic E-state index is 0.0304. The number of para-hydroxylation sites is 1. The van der Waals surface area contributed by atoms with Crippen LogP contribution in [-0.4, -0.2) is 50.2 Å². The Labute approximate surface area is 199 Å². The van der Waals surface area contributed by atoms with Crippen molar-refractivity contribution >= 4 is 28.5 Å². The Morgan fingerprint density at radius 3 is 2.44 bits per heavy atom. The molecule has 1 aliphatic heterocycles. The lowest BCUT2D eigenvalue weighted by Gasteiger charge is -2.36. The topological polar surface area (TPSA) is 79.2 Å². The van der Waals surface area contributed by atoms with Crippen LogP contribution in [0.5, 0.6) is 0 Å². The zero-order valence-electron chi connectivity index (χ0n) is 18.7. The van der Waals surface area contributed by atoms with Gasteiger partial charge in [0.05, 0.1) is 13.1 Å². The molecule has 176 valence electrons. The molecule has 0 unspecified atom stereocenters. The maximum Gasteiger partial charge on any atom is 0.329 e. The Hall–Kier alpha value is -3.43. The number of hydrogen-bond acceptors (Lipinski definition) is 5. The molecule has 0 spiro atoms. The third-order valence-electron chi connectivity index (χ3n) is 6.32. The predicted octanol–water partition coefficient (Wildman–Crippen LogP) is 2.59. The first-order valence-corrected chi connectivity index (χ1v) is 11.4. The molecule has 2 aromatic heterocycles. The highest BCUT2D eigenvalue weighted by Gasteiger charge is 2.23. The molecule has 4 aromatic rings. The fraction of sp³-hybridized carbons (Fsp3) is 0.292. The van der Waals surface area contributed by atoms with E-state index in [9.17, 15) is 14.0 Å². The van der Waals surface area contributed by atoms with Crippen LogP contribution in [0.15, 0.2) is 58.1 Å². The van der Waals surface area contributed by atoms with Crippen molar-refractivity contribution in [3.05, 3.63) is 91.6 Å². The second-order valence-electron chi connectivity index (χ2n) is 8.40. The van der Waals surface area contributed by atoms with Gasteiger partial charge in [0, 0.05) is 49.5 Å². The molecule has 3 heterocycles. The molecule has 0 amide bonds. The summed E-state index contributed by atoms with van der Waals surface area (Å²) in [7, 11) is 1.55. The van der Waals surface area contributed by atoms with Gasteiger partial charge >= 0.3 is 5.69 Å². The summed E-state index contributed by atoms with van der Waals surface area (Å²) in [6.45, 7) is 3.78. The van der Waals surface area contributed by atoms with Crippen LogP contribution in [-0.2, 0) is 20.1 Å². The van der Waals surface area contributed by atoms with E-state index in [0.29, 0.717) is 12.4 Å². The fourth-order valence-corrected chi connectivity index (χ4v) is 4.64. The smallest absolute Gasteiger partial charge is 0.329 e. The van der Waals surface area contributed by atoms with Gasteiger partial charge in [-0.25, -0.2) is 14.2 Å². The Morgan fingerprint density at radius 2 is 1.74 bits per heavy atom. The highest BCUT2D eigenvalue weighted by atomic mass is 35.5. The van der Waals surface area contributed by atoms with E-state index in [1.807, 2.05) is 18.2 Å². The lowest BCUT2D eigenvalue weighted by Crippen LogP contribution is -2.46. The summed E-state index contributed by atoms with van der Waals surface area (Å²) >= 11 is 6.28. The predicted molar refractivity (Wildman–Crippen MR) is 130 cm³/mol. The number of H-pyrrole nitrogens is 1. The third kappa shape index (κ3) is 4.12. The van der Waals surface area contributed by atoms with Gasteiger partial charge in [-0.2, -0.15) is 0 Å². The molecule has 1 saturated heterocycles. The zero-order valence-corrected chi connectivity index (χ0v) is 19.4. The number of benzene rings is 2. The molecule has 0 atom stereocenters. The average Bonchev–Trinajstić information content (AvgIpc) is 3.19. The van der Waals surface area contributed by atoms with Gasteiger partial charge in [0.2, 0.25) is 0 Å². The number of nitrogens with one attached hydrogen (secondary N) is 1. The number of piperazine rings is 1. The van der Waals surface area contributed by atoms with Crippen molar-refractivity contribution in [2.45, 2.75) is 13.1 Å². The van der Waals surface area contributed by atoms with E-state index in [-0.39, 0.29) is 28.3 Å². The number of anilines is 1. The number of aromatic nitrogens is 4. The van der Waals surface area contributed by atoms with Crippen molar-refractivity contribution in [2.75, 3.05) is 31.1 Å². The van der Waals surface area contributed by atoms with Crippen molar-refractivity contribution in [3.8, 4) is 0 Å². The van der Waals surface area contributed by atoms with Gasteiger partial charge in [-0.05, 0) is 24.3 Å². The molecule has 0 saturated carbocycles. The first-order chi connectivity index (χ1) is 16.4. The largest absolute Gasteiger partial charge is 0.369 e. The standard InChI is InChI=1S/C24H24ClFN6O2/c1-29-22-21(23(33)28-24(29)34)32(14-17-18(25)8-5-9-19(17)26)20(27-22)15-30-10-12-31(13-11-30)16-6-3-2-4-7-16/h2-9H,10-15H2,1H3,(H,28,33,34). The highest BCUT2D eigenvalue weighted by molar-refractivity contribution is 6.31. The molecule has 34 heavy (non-hydrogen) atoms. The van der Waals surface area contributed by atoms with Crippen molar-refractivity contribution in [1.82, 2.24) is 24.0 Å². The first kappa shape index (κ1) is 22.4. The minimum Gasteiger partial charge on any atom is -0.369 e. The highest BCUT2D eigenvalue weighted by Crippen LogP contribution is 2.24. The van der Waals surface area contributed by atoms with Gasteiger partial charge in [0.25, 0.3) is 5.56 Å². The van der Waals surface area contributed by atoms with Crippen LogP contribution >= 0.6 is 11.6 Å². The van der Waals surface area contributed by atoms with E-state index in [4.69, 9.17) is 11.6 Å². The molecule has 0 bridgehead atoms. The number of aryl methyl sites for hydroxylation is 1. The van der Waals surface area contributed by atoms with Gasteiger partial charge < -0.3 is 9.47 Å². The fourth-order valence-electron chi connectivity index (χ4n) is 4.42. The Kier molecular flexibility index (Phi) is 5.97. The SMILES string of the molecule is Cn1c(=O)[nH]c(=O)c2c1nc(CN1CCN(c3ccccc3)CC1)n2Cc1c(F)cccc1Cl. The number of fused-ring (bicyclic) bond motifs is 1. The molecule has 1 N–H and O–H groups in total. The molecular weight excluding hydrogens is 459 g/mol. The lowest BCUT2D eigenvalue weighted by molar-refractivity contribution is 0.241. The molecule has 1 aliphatic rings. The quantitative estimate of drug-likeness (QED) is 0.473. The number of hydrogen-bond donors (Lipinski definition) is 1. The maximum atomic E-state index is 14.6. The average molecular weight is 483 g/mol. The summed E-state index contributed by atoms with van der Waals surface area (Å²) in [4.78, 5) is 36.5. The summed E-state index contributed by atoms with van der Waals surface area (Å²) < 4.78 is 17.6. The van der Waals surface area contributed by atoms with E-state index in [1.54, 1.807) is 17.7 Å². The third-order valence-corrected chi connectivity index (χ3v) is 6.68. The summed E-state index contributed by atoms with van der Waals surface area (Å²) in [5.74, 6) is 0.118. The van der Waals surface area contributed by atoms with Gasteiger partial charge in [0.1, 0.15) is 11.6 Å². The van der Waals surface area contributed by atoms with E-state index < -0.39 is 17.1 Å². The van der Waals surface area contributed by atoms with Gasteiger partial charge in [-0.15, -0.1) is 0 Å². The van der Waals surface area contributed by atoms with Crippen LogP contribution in [0.2, 0.25) is 5.02 Å². The molecule has 10 heteroatoms. The van der Waals surface area contributed by atoms with E-state index in [1.165, 1.54) is 22.4 Å². The number of imidazole rings is 1. The van der Waals surface area contributed by atoms with Crippen LogP contribution in [0, 0.1) is 5.82 Å². The van der Waals surface area contributed by atoms with Gasteiger partial charge in [-0.3, -0.25) is 19.2 Å². The summed E-state index contributed by atoms with van der Waals surface area (Å²) in [6, 6.07) is 14.7. The zero-order chi connectivity index (χ0) is 23.8. The number of rotatable bonds is 5. The van der Waals surface area contributed by atoms with Crippen molar-refractivity contribution in [3.63, 3.8) is 0 Å². The van der Waals surface area contributed by atoms with Crippen molar-refractivity contribution < 1.29 is 4.39 Å². The Morgan fingerprint density at radius 1 is 1.00 bits per heavy atom. The molecule has 1 fully saturated rings. The first-order valence-electron chi connectivity index (χ1n) is 11.1. The van der Waals surface area contributed by atoms with Crippen LogP contribution in [0.3, 0.4) is 0 Å². The molecule has 0 aliphatic carbocycles. The van der Waals surface area contributed by atoms with Crippen molar-refractivity contribution in [2.24, 2.45) is 7.05 Å². The summed E-state index contributed by atoms with van der Waals surface area (Å²) in [5.41, 5.74) is 0.836. The monoisotopic (exact) mass is 482 g/mol. The number of nitrogens with zero attached hydrogens (tertiary/aromatic N) is 5. The normalized spacial score (nSPS) is 14.7. The Bertz CT molecular complexity index is 1430. The lowest BCUT2D eigenvalue weighted by atomic mass is 10.2. The second kappa shape index (κ2) is 9.08. The summed E-state index contributed by atoms with van der Waals surface area (Å²) in [5, 5.41) is 0.269. The molecular formula is C24H24ClFN6O2. The minimum atomic E-state index is -0.557. The summed E-state index contributed by atoms with van der Waals surface area (Å²) in [6.07, 6.45) is 0. The molecule has 0 radical (unpaired) electrons. The van der Waals surface area contributed by atoms with Gasteiger partial charge in [-0.1, -0.05) is 35.9 Å². The maximum absolute atomic E-state index is 14.6. The van der Waals surface area contributed by atoms with Crippen LogP contribution in [0.1, 0.15) is 11.4 Å². The number of aromatic amines is 1. The van der Waals surface area contributed by atoms with Crippen LogP contribution < -0.4 is 16.1 Å². The molecule has 5 rings (SSSR count).